The van der Waals surface area contributed by atoms with Crippen LogP contribution in [0.15, 0.2) is 109 Å². The molecule has 3 amide bonds. The SMILES string of the molecule is CN(C)c1cc2c(cc1Cl)N(C#N)CC(C(=O)N1CCC(C#N)(Cc3ccc(F)cc3)CC1)O2.CN(C)c1cc2c(cc1Cl)N(c1nn[nH]n1)CC(C(=O)N1CCC(C#N)(Cc3ccc(F)cc3)CC1)O2.CN(C)c1cc2c(cc1Cl)N(c1nn[nH]n1)CC(C(=O)N1CCC(C#N)(Cc3ccc(F)cc3)CC1)O2. The van der Waals surface area contributed by atoms with Gasteiger partial charge in [-0.25, -0.2) is 13.2 Å². The third-order valence-electron chi connectivity index (χ3n) is 20.5. The van der Waals surface area contributed by atoms with E-state index < -0.39 is 34.6 Å². The lowest BCUT2D eigenvalue weighted by molar-refractivity contribution is -0.141. The number of rotatable bonds is 14. The first-order valence-corrected chi connectivity index (χ1v) is 36.0. The van der Waals surface area contributed by atoms with Gasteiger partial charge in [-0.3, -0.25) is 19.3 Å². The normalized spacial score (nSPS) is 18.6. The Kier molecular flexibility index (Phi) is 22.9. The second-order valence-corrected chi connectivity index (χ2v) is 29.5. The fourth-order valence-electron chi connectivity index (χ4n) is 14.3. The topological polar surface area (TPSA) is 312 Å². The van der Waals surface area contributed by atoms with Gasteiger partial charge < -0.3 is 53.4 Å². The van der Waals surface area contributed by atoms with E-state index in [1.165, 1.54) is 41.3 Å². The van der Waals surface area contributed by atoms with Gasteiger partial charge in [-0.05, 0) is 140 Å². The highest BCUT2D eigenvalue weighted by atomic mass is 35.5. The molecule has 3 unspecified atom stereocenters. The molecule has 3 atom stereocenters. The molecule has 8 aromatic rings. The molecule has 8 heterocycles. The predicted molar refractivity (Wildman–Crippen MR) is 398 cm³/mol. The number of fused-ring (bicyclic) bond motifs is 3. The molecular weight excluding hydrogens is 1450 g/mol. The van der Waals surface area contributed by atoms with E-state index in [0.29, 0.717) is 158 Å². The van der Waals surface area contributed by atoms with E-state index in [1.807, 2.05) is 57.0 Å². The van der Waals surface area contributed by atoms with Crippen molar-refractivity contribution in [3.05, 3.63) is 158 Å². The largest absolute Gasteiger partial charge is 0.476 e. The van der Waals surface area contributed by atoms with Gasteiger partial charge in [0.05, 0.1) is 103 Å². The number of likely N-dealkylation sites (tertiary alicyclic amines) is 3. The molecule has 2 aromatic heterocycles. The highest BCUT2D eigenvalue weighted by molar-refractivity contribution is 6.34. The Morgan fingerprint density at radius 2 is 0.750 bits per heavy atom. The average molecular weight is 1530 g/mol. The molecule has 6 aliphatic heterocycles. The van der Waals surface area contributed by atoms with Crippen molar-refractivity contribution in [2.75, 3.05) is 131 Å². The lowest BCUT2D eigenvalue weighted by Crippen LogP contribution is -2.52. The third kappa shape index (κ3) is 16.8. The summed E-state index contributed by atoms with van der Waals surface area (Å²) in [7, 11) is 11.2. The van der Waals surface area contributed by atoms with Crippen molar-refractivity contribution in [2.24, 2.45) is 16.2 Å². The minimum absolute atomic E-state index is 0.0927. The van der Waals surface area contributed by atoms with E-state index in [4.69, 9.17) is 49.0 Å². The number of hydrogen-bond acceptors (Lipinski definition) is 22. The molecule has 0 aliphatic carbocycles. The molecule has 27 nitrogen and oxygen atoms in total. The number of nitriles is 4. The molecule has 560 valence electrons. The first-order valence-electron chi connectivity index (χ1n) is 34.9. The molecule has 3 fully saturated rings. The van der Waals surface area contributed by atoms with Gasteiger partial charge in [0.2, 0.25) is 0 Å². The standard InChI is InChI=1S/2C25H26ClFN8O2.C25H25ClFN5O2/c2*1-33(2)19-12-21-20(11-18(19)26)35(24-29-31-32-30-24)14-22(37-21)23(36)34-9-7-25(15-28,8-10-34)13-16-3-5-17(27)6-4-16;1-30(2)20-12-22-21(11-19(20)26)32(16-29)14-23(34-22)24(33)31-9-7-25(15-28,8-10-31)13-17-3-5-18(27)6-4-17/h2*3-6,11-12,22H,7-10,13-14H2,1-2H3,(H,29,30,31,32);3-6,11-12,23H,7-10,13-14H2,1-2H3. The van der Waals surface area contributed by atoms with E-state index >= 15 is 0 Å². The summed E-state index contributed by atoms with van der Waals surface area (Å²) in [6.45, 7) is 2.97. The highest BCUT2D eigenvalue weighted by Crippen LogP contribution is 2.47. The smallest absolute Gasteiger partial charge is 0.270 e. The van der Waals surface area contributed by atoms with E-state index in [2.05, 4.69) is 65.6 Å². The molecule has 0 spiro atoms. The molecule has 108 heavy (non-hydrogen) atoms. The molecule has 2 N–H and O–H groups in total. The van der Waals surface area contributed by atoms with E-state index in [0.717, 1.165) is 33.8 Å². The van der Waals surface area contributed by atoms with Crippen molar-refractivity contribution in [3.8, 4) is 41.6 Å². The minimum Gasteiger partial charge on any atom is -0.476 e. The molecule has 14 rings (SSSR count). The summed E-state index contributed by atoms with van der Waals surface area (Å²) < 4.78 is 58.3. The number of carbonyl (C=O) groups is 3. The van der Waals surface area contributed by atoms with Crippen molar-refractivity contribution >= 4 is 98.5 Å². The predicted octanol–water partition coefficient (Wildman–Crippen LogP) is 10.6. The lowest BCUT2D eigenvalue weighted by Gasteiger charge is -2.40. The van der Waals surface area contributed by atoms with Crippen LogP contribution in [0.2, 0.25) is 15.1 Å². The Balaban J connectivity index is 0.000000151. The molecular formula is C75H77Cl3F3N21O6. The quantitative estimate of drug-likeness (QED) is 0.0956. The average Bonchev–Trinajstić information content (AvgIpc) is 1.12. The molecule has 6 aromatic carbocycles. The minimum atomic E-state index is -0.838. The number of H-pyrrole nitrogens is 2. The summed E-state index contributed by atoms with van der Waals surface area (Å²) >= 11 is 19.4. The van der Waals surface area contributed by atoms with Crippen molar-refractivity contribution in [1.29, 1.82) is 21.0 Å². The van der Waals surface area contributed by atoms with Crippen LogP contribution in [0.1, 0.15) is 55.2 Å². The fourth-order valence-corrected chi connectivity index (χ4v) is 15.3. The number of aromatic nitrogens is 8. The molecule has 0 bridgehead atoms. The van der Waals surface area contributed by atoms with Crippen LogP contribution < -0.4 is 43.6 Å². The van der Waals surface area contributed by atoms with Gasteiger partial charge >= 0.3 is 0 Å². The van der Waals surface area contributed by atoms with Crippen LogP contribution >= 0.6 is 34.8 Å². The van der Waals surface area contributed by atoms with Crippen LogP contribution in [-0.2, 0) is 33.6 Å². The van der Waals surface area contributed by atoms with Crippen molar-refractivity contribution in [2.45, 2.75) is 76.1 Å². The third-order valence-corrected chi connectivity index (χ3v) is 21.4. The molecule has 33 heteroatoms. The molecule has 3 saturated heterocycles. The maximum atomic E-state index is 13.6. The number of anilines is 8. The molecule has 0 saturated carbocycles. The highest BCUT2D eigenvalue weighted by Gasteiger charge is 2.45. The van der Waals surface area contributed by atoms with Crippen LogP contribution in [0.25, 0.3) is 0 Å². The number of nitrogens with one attached hydrogen (secondary N) is 2. The van der Waals surface area contributed by atoms with Gasteiger partial charge in [0, 0.05) is 99.8 Å². The van der Waals surface area contributed by atoms with E-state index in [-0.39, 0.29) is 54.8 Å². The lowest BCUT2D eigenvalue weighted by atomic mass is 9.75. The summed E-state index contributed by atoms with van der Waals surface area (Å²) in [4.78, 5) is 56.2. The number of nitrogens with zero attached hydrogens (tertiary/aromatic N) is 19. The van der Waals surface area contributed by atoms with Crippen LogP contribution in [0.3, 0.4) is 0 Å². The van der Waals surface area contributed by atoms with Crippen molar-refractivity contribution in [1.82, 2.24) is 55.9 Å². The zero-order valence-electron chi connectivity index (χ0n) is 60.1. The maximum absolute atomic E-state index is 13.6. The Bertz CT molecular complexity index is 4540. The summed E-state index contributed by atoms with van der Waals surface area (Å²) in [6, 6.07) is 36.5. The summed E-state index contributed by atoms with van der Waals surface area (Å²) in [5.41, 5.74) is 4.92. The van der Waals surface area contributed by atoms with Gasteiger partial charge in [0.25, 0.3) is 29.6 Å². The Hall–Kier alpha value is -11.3. The Morgan fingerprint density at radius 1 is 0.463 bits per heavy atom. The number of hydrogen-bond donors (Lipinski definition) is 2. The number of tetrazole rings is 2. The van der Waals surface area contributed by atoms with Crippen LogP contribution in [-0.4, -0.2) is 193 Å². The number of ether oxygens (including phenoxy) is 3. The number of benzene rings is 6. The van der Waals surface area contributed by atoms with Crippen molar-refractivity contribution < 1.29 is 41.8 Å². The van der Waals surface area contributed by atoms with Crippen LogP contribution in [0.4, 0.5) is 59.2 Å². The van der Waals surface area contributed by atoms with Crippen LogP contribution in [0, 0.1) is 79.1 Å². The molecule has 6 aliphatic rings. The van der Waals surface area contributed by atoms with E-state index in [9.17, 15) is 48.6 Å². The van der Waals surface area contributed by atoms with Gasteiger partial charge in [-0.15, -0.1) is 10.2 Å². The van der Waals surface area contributed by atoms with Gasteiger partial charge in [0.1, 0.15) is 34.7 Å². The summed E-state index contributed by atoms with van der Waals surface area (Å²) in [6.07, 6.45) is 4.29. The zero-order valence-corrected chi connectivity index (χ0v) is 62.3. The van der Waals surface area contributed by atoms with E-state index in [1.54, 1.807) is 97.3 Å². The Morgan fingerprint density at radius 3 is 1.02 bits per heavy atom. The number of carbonyl (C=O) groups excluding carboxylic acids is 3. The zero-order chi connectivity index (χ0) is 76.8. The number of halogens is 6. The monoisotopic (exact) mass is 1530 g/mol. The first-order chi connectivity index (χ1) is 51.8. The number of amides is 3. The van der Waals surface area contributed by atoms with Gasteiger partial charge in [-0.1, -0.05) is 81.4 Å². The van der Waals surface area contributed by atoms with Crippen molar-refractivity contribution in [3.63, 3.8) is 0 Å². The van der Waals surface area contributed by atoms with Gasteiger partial charge in [0.15, 0.2) is 24.5 Å². The second kappa shape index (κ2) is 32.4. The number of piperidine rings is 3. The second-order valence-electron chi connectivity index (χ2n) is 28.2. The maximum Gasteiger partial charge on any atom is 0.270 e. The summed E-state index contributed by atoms with van der Waals surface area (Å²) in [5, 5.41) is 69.6. The number of aromatic amines is 2. The molecule has 0 radical (unpaired) electrons. The van der Waals surface area contributed by atoms with Gasteiger partial charge in [-0.2, -0.15) is 31.5 Å². The Labute approximate surface area is 636 Å². The first kappa shape index (κ1) is 76.3. The fraction of sp³-hybridized carbons (Fsp3) is 0.400. The van der Waals surface area contributed by atoms with Crippen LogP contribution in [0.5, 0.6) is 17.2 Å². The summed E-state index contributed by atoms with van der Waals surface area (Å²) in [5.74, 6) is 0.537.